The molecule has 4 nitrogen and oxygen atoms in total. The number of anilines is 1. The molecule has 0 saturated heterocycles. The number of nitrogens with two attached hydrogens (primary N) is 1. The van der Waals surface area contributed by atoms with Crippen LogP contribution in [0.2, 0.25) is 0 Å². The average Bonchev–Trinajstić information content (AvgIpc) is 2.29. The first-order chi connectivity index (χ1) is 8.06. The second kappa shape index (κ2) is 4.55. The van der Waals surface area contributed by atoms with Gasteiger partial charge in [-0.05, 0) is 42.5 Å². The minimum Gasteiger partial charge on any atom is -0.432 e. The summed E-state index contributed by atoms with van der Waals surface area (Å²) >= 11 is 5.07. The van der Waals surface area contributed by atoms with E-state index in [2.05, 4.69) is 4.98 Å². The standard InChI is InChI=1S/C12H13N3OS/c1-15(2)12(17)16-9-4-5-10-8(7-9)3-6-11(13)14-10/h3-7H,1-2H3,(H2,13,14). The molecule has 88 valence electrons. The Bertz CT molecular complexity index is 569. The monoisotopic (exact) mass is 247 g/mol. The highest BCUT2D eigenvalue weighted by Gasteiger charge is 2.04. The average molecular weight is 247 g/mol. The molecule has 0 aliphatic rings. The molecule has 0 aliphatic carbocycles. The van der Waals surface area contributed by atoms with Gasteiger partial charge in [0.2, 0.25) is 0 Å². The Hall–Kier alpha value is -1.88. The maximum Gasteiger partial charge on any atom is 0.264 e. The maximum absolute atomic E-state index is 5.61. The summed E-state index contributed by atoms with van der Waals surface area (Å²) in [6, 6.07) is 9.24. The number of hydrogen-bond acceptors (Lipinski definition) is 4. The Morgan fingerprint density at radius 2 is 2.06 bits per heavy atom. The van der Waals surface area contributed by atoms with Crippen molar-refractivity contribution in [2.45, 2.75) is 0 Å². The Kier molecular flexibility index (Phi) is 3.10. The zero-order valence-electron chi connectivity index (χ0n) is 9.68. The zero-order chi connectivity index (χ0) is 12.4. The molecule has 1 aromatic heterocycles. The molecule has 0 fully saturated rings. The first kappa shape index (κ1) is 11.6. The zero-order valence-corrected chi connectivity index (χ0v) is 10.5. The fourth-order valence-corrected chi connectivity index (χ4v) is 1.47. The van der Waals surface area contributed by atoms with E-state index in [9.17, 15) is 0 Å². The van der Waals surface area contributed by atoms with Gasteiger partial charge in [-0.25, -0.2) is 4.98 Å². The van der Waals surface area contributed by atoms with Gasteiger partial charge in [0, 0.05) is 19.5 Å². The number of pyridine rings is 1. The van der Waals surface area contributed by atoms with Crippen molar-refractivity contribution in [3.63, 3.8) is 0 Å². The third kappa shape index (κ3) is 2.62. The number of ether oxygens (including phenoxy) is 1. The molecule has 0 bridgehead atoms. The highest BCUT2D eigenvalue weighted by Crippen LogP contribution is 2.20. The molecule has 2 N–H and O–H groups in total. The van der Waals surface area contributed by atoms with Gasteiger partial charge < -0.3 is 15.4 Å². The predicted molar refractivity (Wildman–Crippen MR) is 73.1 cm³/mol. The van der Waals surface area contributed by atoms with E-state index in [1.807, 2.05) is 38.4 Å². The summed E-state index contributed by atoms with van der Waals surface area (Å²) in [4.78, 5) is 5.95. The van der Waals surface area contributed by atoms with Gasteiger partial charge in [0.1, 0.15) is 11.6 Å². The molecule has 0 amide bonds. The van der Waals surface area contributed by atoms with Crippen LogP contribution in [0, 0.1) is 0 Å². The van der Waals surface area contributed by atoms with E-state index in [1.165, 1.54) is 0 Å². The van der Waals surface area contributed by atoms with Crippen LogP contribution in [0.15, 0.2) is 30.3 Å². The third-order valence-corrected chi connectivity index (χ3v) is 2.70. The Morgan fingerprint density at radius 1 is 1.29 bits per heavy atom. The molecule has 0 aliphatic heterocycles. The van der Waals surface area contributed by atoms with Crippen LogP contribution < -0.4 is 10.5 Å². The molecular weight excluding hydrogens is 234 g/mol. The van der Waals surface area contributed by atoms with E-state index >= 15 is 0 Å². The smallest absolute Gasteiger partial charge is 0.264 e. The lowest BCUT2D eigenvalue weighted by Gasteiger charge is -2.14. The molecular formula is C12H13N3OS. The van der Waals surface area contributed by atoms with E-state index in [0.29, 0.717) is 16.7 Å². The summed E-state index contributed by atoms with van der Waals surface area (Å²) in [5.41, 5.74) is 6.45. The van der Waals surface area contributed by atoms with Crippen molar-refractivity contribution in [2.24, 2.45) is 0 Å². The number of aromatic nitrogens is 1. The summed E-state index contributed by atoms with van der Waals surface area (Å²) in [6.45, 7) is 0. The normalized spacial score (nSPS) is 10.2. The number of benzene rings is 1. The quantitative estimate of drug-likeness (QED) is 0.782. The van der Waals surface area contributed by atoms with Gasteiger partial charge in [-0.2, -0.15) is 0 Å². The van der Waals surface area contributed by atoms with Crippen molar-refractivity contribution >= 4 is 34.1 Å². The minimum absolute atomic E-state index is 0.424. The summed E-state index contributed by atoms with van der Waals surface area (Å²) in [5, 5.41) is 1.39. The number of rotatable bonds is 1. The van der Waals surface area contributed by atoms with Crippen LogP contribution in [0.5, 0.6) is 5.75 Å². The van der Waals surface area contributed by atoms with Crippen molar-refractivity contribution in [1.29, 1.82) is 0 Å². The van der Waals surface area contributed by atoms with E-state index in [-0.39, 0.29) is 0 Å². The van der Waals surface area contributed by atoms with Crippen molar-refractivity contribution in [2.75, 3.05) is 19.8 Å². The maximum atomic E-state index is 5.61. The highest BCUT2D eigenvalue weighted by atomic mass is 32.1. The van der Waals surface area contributed by atoms with Gasteiger partial charge in [-0.15, -0.1) is 0 Å². The summed E-state index contributed by atoms with van der Waals surface area (Å²) in [7, 11) is 3.68. The van der Waals surface area contributed by atoms with Gasteiger partial charge in [-0.1, -0.05) is 0 Å². The molecule has 0 radical (unpaired) electrons. The molecule has 1 heterocycles. The molecule has 17 heavy (non-hydrogen) atoms. The third-order valence-electron chi connectivity index (χ3n) is 2.25. The Balaban J connectivity index is 2.32. The van der Waals surface area contributed by atoms with Crippen LogP contribution in [0.1, 0.15) is 0 Å². The van der Waals surface area contributed by atoms with Crippen LogP contribution in [0.3, 0.4) is 0 Å². The number of nitrogens with zero attached hydrogens (tertiary/aromatic N) is 2. The Labute approximate surface area is 105 Å². The first-order valence-electron chi connectivity index (χ1n) is 5.12. The number of fused-ring (bicyclic) bond motifs is 1. The summed E-state index contributed by atoms with van der Waals surface area (Å²) in [6.07, 6.45) is 0. The van der Waals surface area contributed by atoms with E-state index in [1.54, 1.807) is 11.0 Å². The van der Waals surface area contributed by atoms with Gasteiger partial charge in [0.15, 0.2) is 0 Å². The molecule has 0 spiro atoms. The second-order valence-electron chi connectivity index (χ2n) is 3.85. The second-order valence-corrected chi connectivity index (χ2v) is 4.20. The van der Waals surface area contributed by atoms with Gasteiger partial charge >= 0.3 is 0 Å². The molecule has 5 heteroatoms. The lowest BCUT2D eigenvalue weighted by molar-refractivity contribution is 0.450. The fraction of sp³-hybridized carbons (Fsp3) is 0.167. The van der Waals surface area contributed by atoms with Gasteiger partial charge in [0.05, 0.1) is 5.52 Å². The molecule has 0 unspecified atom stereocenters. The van der Waals surface area contributed by atoms with Crippen molar-refractivity contribution in [3.8, 4) is 5.75 Å². The van der Waals surface area contributed by atoms with Crippen molar-refractivity contribution < 1.29 is 4.74 Å². The van der Waals surface area contributed by atoms with Crippen LogP contribution in [0.4, 0.5) is 5.82 Å². The van der Waals surface area contributed by atoms with Crippen LogP contribution in [0.25, 0.3) is 10.9 Å². The van der Waals surface area contributed by atoms with Crippen LogP contribution in [-0.2, 0) is 0 Å². The molecule has 2 rings (SSSR count). The largest absolute Gasteiger partial charge is 0.432 e. The van der Waals surface area contributed by atoms with Crippen LogP contribution >= 0.6 is 12.2 Å². The topological polar surface area (TPSA) is 51.4 Å². The van der Waals surface area contributed by atoms with E-state index in [4.69, 9.17) is 22.7 Å². The van der Waals surface area contributed by atoms with E-state index < -0.39 is 0 Å². The highest BCUT2D eigenvalue weighted by molar-refractivity contribution is 7.80. The molecule has 0 atom stereocenters. The molecule has 2 aromatic rings. The first-order valence-corrected chi connectivity index (χ1v) is 5.52. The summed E-state index contributed by atoms with van der Waals surface area (Å²) < 4.78 is 5.51. The Morgan fingerprint density at radius 3 is 2.76 bits per heavy atom. The minimum atomic E-state index is 0.424. The number of hydrogen-bond donors (Lipinski definition) is 1. The summed E-state index contributed by atoms with van der Waals surface area (Å²) in [5.74, 6) is 1.21. The SMILES string of the molecule is CN(C)C(=S)Oc1ccc2nc(N)ccc2c1. The van der Waals surface area contributed by atoms with Crippen LogP contribution in [-0.4, -0.2) is 29.2 Å². The predicted octanol–water partition coefficient (Wildman–Crippen LogP) is 2.04. The lowest BCUT2D eigenvalue weighted by Crippen LogP contribution is -2.24. The fourth-order valence-electron chi connectivity index (χ4n) is 1.38. The van der Waals surface area contributed by atoms with E-state index in [0.717, 1.165) is 10.9 Å². The van der Waals surface area contributed by atoms with Crippen molar-refractivity contribution in [3.05, 3.63) is 30.3 Å². The number of thiocarbonyl (C=S) groups is 1. The van der Waals surface area contributed by atoms with Crippen molar-refractivity contribution in [1.82, 2.24) is 9.88 Å². The molecule has 1 aromatic carbocycles. The number of nitrogen functional groups attached to an aromatic ring is 1. The van der Waals surface area contributed by atoms with Gasteiger partial charge in [0.25, 0.3) is 5.17 Å². The lowest BCUT2D eigenvalue weighted by atomic mass is 10.2. The van der Waals surface area contributed by atoms with Gasteiger partial charge in [-0.3, -0.25) is 0 Å². The molecule has 0 saturated carbocycles.